The number of amides is 3. The van der Waals surface area contributed by atoms with E-state index >= 15 is 0 Å². The zero-order chi connectivity index (χ0) is 39.5. The number of benzene rings is 4. The van der Waals surface area contributed by atoms with Crippen molar-refractivity contribution in [3.05, 3.63) is 106 Å². The van der Waals surface area contributed by atoms with Gasteiger partial charge in [-0.25, -0.2) is 10.2 Å². The van der Waals surface area contributed by atoms with Crippen LogP contribution in [0.25, 0.3) is 44.6 Å². The Kier molecular flexibility index (Phi) is 10.3. The van der Waals surface area contributed by atoms with Crippen LogP contribution in [0, 0.1) is 5.92 Å². The zero-order valence-corrected chi connectivity index (χ0v) is 31.2. The number of rotatable bonds is 8. The van der Waals surface area contributed by atoms with Gasteiger partial charge in [-0.05, 0) is 94.4 Å². The quantitative estimate of drug-likeness (QED) is 0.0716. The lowest BCUT2D eigenvalue weighted by Crippen LogP contribution is -2.20. The van der Waals surface area contributed by atoms with Crippen LogP contribution in [-0.4, -0.2) is 68.9 Å². The number of fused-ring (bicyclic) bond motifs is 2. The molecule has 0 saturated heterocycles. The van der Waals surface area contributed by atoms with Crippen molar-refractivity contribution in [3.8, 4) is 22.8 Å². The number of hydrogen-bond donors (Lipinski definition) is 8. The molecule has 0 spiro atoms. The maximum absolute atomic E-state index is 13.0. The second kappa shape index (κ2) is 15.9. The maximum Gasteiger partial charge on any atom is 0.272 e. The number of nitrogens with two attached hydrogens (primary N) is 1. The summed E-state index contributed by atoms with van der Waals surface area (Å²) in [7, 11) is 0. The molecule has 0 radical (unpaired) electrons. The summed E-state index contributed by atoms with van der Waals surface area (Å²) in [6.45, 7) is 0. The van der Waals surface area contributed by atoms with Gasteiger partial charge in [-0.2, -0.15) is 0 Å². The molecule has 4 aromatic carbocycles. The van der Waals surface area contributed by atoms with E-state index in [1.165, 1.54) is 0 Å². The third kappa shape index (κ3) is 8.00. The Morgan fingerprint density at radius 3 is 1.68 bits per heavy atom. The van der Waals surface area contributed by atoms with Gasteiger partial charge in [0.15, 0.2) is 11.6 Å². The van der Waals surface area contributed by atoms with Crippen LogP contribution in [0.2, 0.25) is 10.0 Å². The van der Waals surface area contributed by atoms with Crippen LogP contribution >= 0.6 is 23.2 Å². The number of nitrogen functional groups attached to an aromatic ring is 1. The number of tetrazole rings is 2. The van der Waals surface area contributed by atoms with Gasteiger partial charge >= 0.3 is 0 Å². The summed E-state index contributed by atoms with van der Waals surface area (Å²) in [6, 6.07) is 24.6. The van der Waals surface area contributed by atoms with E-state index in [9.17, 15) is 14.4 Å². The minimum atomic E-state index is -0.342. The van der Waals surface area contributed by atoms with Crippen LogP contribution in [0.4, 0.5) is 22.7 Å². The van der Waals surface area contributed by atoms with Gasteiger partial charge in [0.2, 0.25) is 5.91 Å². The Balaban J connectivity index is 0.000000165. The number of anilines is 4. The van der Waals surface area contributed by atoms with E-state index < -0.39 is 0 Å². The zero-order valence-electron chi connectivity index (χ0n) is 29.7. The second-order valence-electron chi connectivity index (χ2n) is 13.2. The van der Waals surface area contributed by atoms with Crippen molar-refractivity contribution in [2.75, 3.05) is 21.7 Å². The molecule has 286 valence electrons. The first kappa shape index (κ1) is 36.8. The SMILES string of the molecule is Nc1cccc2cc(C(=O)Nc3ccc(Cl)cc3-c3nnn[nH]3)[nH]c12.O=C(Nc1ccc(Cl)cc1-c1nnn[nH]1)c1cc2cccc(NC(=O)C3CCCC3)c2[nH]1. The topological polar surface area (TPSA) is 254 Å². The third-order valence-corrected chi connectivity index (χ3v) is 9.95. The predicted molar refractivity (Wildman–Crippen MR) is 217 cm³/mol. The summed E-state index contributed by atoms with van der Waals surface area (Å²) in [6.07, 6.45) is 4.02. The van der Waals surface area contributed by atoms with Crippen molar-refractivity contribution in [1.82, 2.24) is 51.2 Å². The van der Waals surface area contributed by atoms with E-state index in [2.05, 4.69) is 67.2 Å². The highest BCUT2D eigenvalue weighted by Gasteiger charge is 2.24. The fourth-order valence-corrected chi connectivity index (χ4v) is 7.02. The van der Waals surface area contributed by atoms with Gasteiger partial charge in [0.1, 0.15) is 11.4 Å². The highest BCUT2D eigenvalue weighted by Crippen LogP contribution is 2.32. The van der Waals surface area contributed by atoms with Gasteiger partial charge in [0.05, 0.1) is 33.8 Å². The van der Waals surface area contributed by atoms with Crippen LogP contribution in [-0.2, 0) is 4.79 Å². The van der Waals surface area contributed by atoms with Gasteiger partial charge in [-0.3, -0.25) is 14.4 Å². The number of aromatic amines is 4. The fraction of sp³-hybridized carbons (Fsp3) is 0.132. The first-order valence-electron chi connectivity index (χ1n) is 17.7. The number of halogens is 2. The maximum atomic E-state index is 13.0. The highest BCUT2D eigenvalue weighted by atomic mass is 35.5. The summed E-state index contributed by atoms with van der Waals surface area (Å²) in [5.74, 6) is 0.214. The van der Waals surface area contributed by atoms with Crippen molar-refractivity contribution >= 4 is 85.5 Å². The molecule has 1 saturated carbocycles. The van der Waals surface area contributed by atoms with E-state index in [1.54, 1.807) is 54.6 Å². The third-order valence-electron chi connectivity index (χ3n) is 9.48. The number of aromatic nitrogens is 10. The lowest BCUT2D eigenvalue weighted by atomic mass is 10.1. The molecule has 1 aliphatic carbocycles. The predicted octanol–water partition coefficient (Wildman–Crippen LogP) is 7.22. The Bertz CT molecular complexity index is 2740. The van der Waals surface area contributed by atoms with Gasteiger partial charge in [0.25, 0.3) is 11.8 Å². The van der Waals surface area contributed by atoms with Crippen molar-refractivity contribution in [2.24, 2.45) is 5.92 Å². The normalized spacial score (nSPS) is 12.7. The Morgan fingerprint density at radius 1 is 0.632 bits per heavy atom. The minimum Gasteiger partial charge on any atom is -0.397 e. The van der Waals surface area contributed by atoms with Gasteiger partial charge in [0, 0.05) is 37.9 Å². The molecular weight excluding hydrogens is 771 g/mol. The monoisotopic (exact) mass is 802 g/mol. The van der Waals surface area contributed by atoms with E-state index in [-0.39, 0.29) is 23.6 Å². The Morgan fingerprint density at radius 2 is 1.16 bits per heavy atom. The van der Waals surface area contributed by atoms with Crippen molar-refractivity contribution in [1.29, 1.82) is 0 Å². The molecule has 0 atom stereocenters. The van der Waals surface area contributed by atoms with Crippen LogP contribution in [0.1, 0.15) is 46.7 Å². The molecule has 0 bridgehead atoms. The van der Waals surface area contributed by atoms with Crippen molar-refractivity contribution < 1.29 is 14.4 Å². The van der Waals surface area contributed by atoms with E-state index in [0.717, 1.165) is 42.0 Å². The van der Waals surface area contributed by atoms with Gasteiger partial charge < -0.3 is 31.7 Å². The van der Waals surface area contributed by atoms with Crippen LogP contribution in [0.3, 0.4) is 0 Å². The molecule has 4 heterocycles. The number of hydrogen-bond acceptors (Lipinski definition) is 10. The number of nitrogens with one attached hydrogen (secondary N) is 7. The number of carbonyl (C=O) groups excluding carboxylic acids is 3. The highest BCUT2D eigenvalue weighted by molar-refractivity contribution is 6.31. The summed E-state index contributed by atoms with van der Waals surface area (Å²) in [5.41, 5.74) is 11.5. The van der Waals surface area contributed by atoms with E-state index in [1.807, 2.05) is 30.3 Å². The molecular formula is C38H32Cl2N14O3. The molecule has 0 aliphatic heterocycles. The first-order valence-corrected chi connectivity index (χ1v) is 18.5. The molecule has 9 N–H and O–H groups in total. The standard InChI is InChI=1S/C22H20ClN7O2.C16H12ClN7O/c23-14-8-9-16(15(11-14)20-27-29-30-28-20)25-22(32)18-10-13-6-3-7-17(19(13)24-18)26-21(31)12-4-1-2-5-12;17-9-4-5-12(10(7-9)15-21-23-24-22-15)20-16(25)13-6-8-2-1-3-11(18)14(8)19-13/h3,6-12,24H,1-2,4-5H2,(H,25,32)(H,26,31)(H,27,28,29,30);1-7,19H,18H2,(H,20,25)(H,21,22,23,24). The van der Waals surface area contributed by atoms with Crippen molar-refractivity contribution in [3.63, 3.8) is 0 Å². The Labute approximate surface area is 332 Å². The van der Waals surface area contributed by atoms with Crippen LogP contribution in [0.15, 0.2) is 84.9 Å². The fourth-order valence-electron chi connectivity index (χ4n) is 6.68. The lowest BCUT2D eigenvalue weighted by Gasteiger charge is -2.11. The number of nitrogens with zero attached hydrogens (tertiary/aromatic N) is 6. The minimum absolute atomic E-state index is 0.0297. The average Bonchev–Trinajstić information content (AvgIpc) is 4.06. The second-order valence-corrected chi connectivity index (χ2v) is 14.1. The van der Waals surface area contributed by atoms with Crippen molar-refractivity contribution in [2.45, 2.75) is 25.7 Å². The number of para-hydroxylation sites is 2. The molecule has 57 heavy (non-hydrogen) atoms. The van der Waals surface area contributed by atoms with E-state index in [0.29, 0.717) is 72.5 Å². The molecule has 4 aromatic heterocycles. The summed E-state index contributed by atoms with van der Waals surface area (Å²) < 4.78 is 0. The largest absolute Gasteiger partial charge is 0.397 e. The molecule has 0 unspecified atom stereocenters. The van der Waals surface area contributed by atoms with Crippen LogP contribution in [0.5, 0.6) is 0 Å². The molecule has 17 nitrogen and oxygen atoms in total. The average molecular weight is 804 g/mol. The summed E-state index contributed by atoms with van der Waals surface area (Å²) >= 11 is 12.2. The first-order chi connectivity index (χ1) is 27.7. The lowest BCUT2D eigenvalue weighted by molar-refractivity contribution is -0.119. The van der Waals surface area contributed by atoms with Gasteiger partial charge in [-0.15, -0.1) is 10.2 Å². The smallest absolute Gasteiger partial charge is 0.272 e. The number of H-pyrrole nitrogens is 4. The van der Waals surface area contributed by atoms with E-state index in [4.69, 9.17) is 28.9 Å². The molecule has 9 rings (SSSR count). The molecule has 8 aromatic rings. The molecule has 19 heteroatoms. The van der Waals surface area contributed by atoms with Crippen LogP contribution < -0.4 is 21.7 Å². The summed E-state index contributed by atoms with van der Waals surface area (Å²) in [4.78, 5) is 44.4. The summed E-state index contributed by atoms with van der Waals surface area (Å²) in [5, 5.41) is 38.8. The number of carbonyl (C=O) groups is 3. The molecule has 3 amide bonds. The van der Waals surface area contributed by atoms with Gasteiger partial charge in [-0.1, -0.05) is 60.3 Å². The Hall–Kier alpha value is -7.11. The molecule has 1 aliphatic rings. The molecule has 1 fully saturated rings.